The number of aromatic amines is 1. The number of esters is 2. The molecule has 0 bridgehead atoms. The molecule has 2 aromatic carbocycles. The van der Waals surface area contributed by atoms with E-state index in [4.69, 9.17) is 9.47 Å². The minimum atomic E-state index is -0.407. The summed E-state index contributed by atoms with van der Waals surface area (Å²) in [5.74, 6) is -0.409. The molecule has 0 saturated heterocycles. The molecular formula is C21H21NO4. The molecule has 1 unspecified atom stereocenters. The molecule has 3 aromatic rings. The molecule has 0 spiro atoms. The fraction of sp³-hybridized carbons (Fsp3) is 0.238. The summed E-state index contributed by atoms with van der Waals surface area (Å²) in [6.45, 7) is 5.14. The normalized spacial score (nSPS) is 12.0. The van der Waals surface area contributed by atoms with Crippen LogP contribution in [0.25, 0.3) is 10.9 Å². The van der Waals surface area contributed by atoms with Crippen molar-refractivity contribution in [2.24, 2.45) is 0 Å². The van der Waals surface area contributed by atoms with Gasteiger partial charge in [0.05, 0.1) is 5.56 Å². The first-order valence-electron chi connectivity index (χ1n) is 8.56. The summed E-state index contributed by atoms with van der Waals surface area (Å²) in [5, 5.41) is 0.675. The van der Waals surface area contributed by atoms with Crippen LogP contribution in [0.4, 0.5) is 0 Å². The van der Waals surface area contributed by atoms with Gasteiger partial charge in [0.25, 0.3) is 0 Å². The number of hydrogen-bond acceptors (Lipinski definition) is 4. The van der Waals surface area contributed by atoms with Crippen LogP contribution in [0.5, 0.6) is 5.75 Å². The fourth-order valence-electron chi connectivity index (χ4n) is 3.04. The first-order valence-corrected chi connectivity index (χ1v) is 8.56. The Morgan fingerprint density at radius 2 is 1.85 bits per heavy atom. The van der Waals surface area contributed by atoms with Crippen LogP contribution >= 0.6 is 0 Å². The first kappa shape index (κ1) is 17.7. The van der Waals surface area contributed by atoms with Crippen molar-refractivity contribution in [2.45, 2.75) is 33.3 Å². The SMILES string of the molecule is CCC(OC(=O)c1c(C)[nH]c2ccc(OC(C)=O)cc12)c1ccccc1. The lowest BCUT2D eigenvalue weighted by Gasteiger charge is -2.16. The molecule has 1 heterocycles. The van der Waals surface area contributed by atoms with E-state index in [0.29, 0.717) is 28.8 Å². The van der Waals surface area contributed by atoms with Gasteiger partial charge in [-0.25, -0.2) is 4.79 Å². The third-order valence-electron chi connectivity index (χ3n) is 4.21. The van der Waals surface area contributed by atoms with Crippen molar-refractivity contribution < 1.29 is 19.1 Å². The predicted octanol–water partition coefficient (Wildman–Crippen LogP) is 4.71. The molecule has 5 heteroatoms. The summed E-state index contributed by atoms with van der Waals surface area (Å²) in [6, 6.07) is 14.8. The maximum atomic E-state index is 12.9. The van der Waals surface area contributed by atoms with Crippen LogP contribution in [-0.2, 0) is 9.53 Å². The Morgan fingerprint density at radius 1 is 1.12 bits per heavy atom. The molecule has 0 radical (unpaired) electrons. The maximum Gasteiger partial charge on any atom is 0.341 e. The molecule has 1 aromatic heterocycles. The third kappa shape index (κ3) is 3.61. The second-order valence-electron chi connectivity index (χ2n) is 6.14. The number of aryl methyl sites for hydroxylation is 1. The number of carbonyl (C=O) groups is 2. The lowest BCUT2D eigenvalue weighted by molar-refractivity contribution is -0.131. The molecule has 0 fully saturated rings. The highest BCUT2D eigenvalue weighted by Gasteiger charge is 2.22. The molecule has 134 valence electrons. The molecule has 0 amide bonds. The van der Waals surface area contributed by atoms with Crippen molar-refractivity contribution in [1.29, 1.82) is 0 Å². The van der Waals surface area contributed by atoms with Crippen LogP contribution in [0.15, 0.2) is 48.5 Å². The highest BCUT2D eigenvalue weighted by Crippen LogP contribution is 2.29. The van der Waals surface area contributed by atoms with Crippen LogP contribution in [0.1, 0.15) is 48.0 Å². The van der Waals surface area contributed by atoms with Gasteiger partial charge in [-0.05, 0) is 37.1 Å². The number of nitrogens with one attached hydrogen (secondary N) is 1. The van der Waals surface area contributed by atoms with E-state index in [9.17, 15) is 9.59 Å². The number of rotatable bonds is 5. The fourth-order valence-corrected chi connectivity index (χ4v) is 3.04. The number of H-pyrrole nitrogens is 1. The van der Waals surface area contributed by atoms with E-state index in [1.165, 1.54) is 6.92 Å². The second-order valence-corrected chi connectivity index (χ2v) is 6.14. The van der Waals surface area contributed by atoms with Gasteiger partial charge >= 0.3 is 11.9 Å². The van der Waals surface area contributed by atoms with Gasteiger partial charge in [-0.15, -0.1) is 0 Å². The average Bonchev–Trinajstić information content (AvgIpc) is 2.95. The number of carbonyl (C=O) groups excluding carboxylic acids is 2. The van der Waals surface area contributed by atoms with Crippen molar-refractivity contribution in [1.82, 2.24) is 4.98 Å². The van der Waals surface area contributed by atoms with Crippen LogP contribution < -0.4 is 4.74 Å². The summed E-state index contributed by atoms with van der Waals surface area (Å²) < 4.78 is 10.9. The Kier molecular flexibility index (Phi) is 5.07. The molecule has 3 rings (SSSR count). The minimum absolute atomic E-state index is 0.315. The van der Waals surface area contributed by atoms with E-state index in [1.54, 1.807) is 18.2 Å². The van der Waals surface area contributed by atoms with Gasteiger partial charge in [-0.2, -0.15) is 0 Å². The molecule has 0 saturated carbocycles. The lowest BCUT2D eigenvalue weighted by atomic mass is 10.1. The van der Waals surface area contributed by atoms with E-state index in [2.05, 4.69) is 4.98 Å². The zero-order chi connectivity index (χ0) is 18.7. The Balaban J connectivity index is 1.94. The van der Waals surface area contributed by atoms with Gasteiger partial charge < -0.3 is 14.5 Å². The quantitative estimate of drug-likeness (QED) is 0.534. The van der Waals surface area contributed by atoms with Gasteiger partial charge in [0, 0.05) is 23.5 Å². The number of ether oxygens (including phenoxy) is 2. The Hall–Kier alpha value is -3.08. The molecule has 5 nitrogen and oxygen atoms in total. The van der Waals surface area contributed by atoms with Crippen molar-refractivity contribution >= 4 is 22.8 Å². The van der Waals surface area contributed by atoms with Gasteiger partial charge in [0.1, 0.15) is 11.9 Å². The highest BCUT2D eigenvalue weighted by molar-refractivity contribution is 6.06. The van der Waals surface area contributed by atoms with E-state index in [1.807, 2.05) is 44.2 Å². The Bertz CT molecular complexity index is 943. The summed E-state index contributed by atoms with van der Waals surface area (Å²) >= 11 is 0. The van der Waals surface area contributed by atoms with E-state index >= 15 is 0 Å². The number of hydrogen-bond donors (Lipinski definition) is 1. The van der Waals surface area contributed by atoms with E-state index in [0.717, 1.165) is 11.1 Å². The zero-order valence-corrected chi connectivity index (χ0v) is 15.0. The standard InChI is InChI=1S/C21H21NO4/c1-4-19(15-8-6-5-7-9-15)26-21(24)20-13(2)22-18-11-10-16(12-17(18)20)25-14(3)23/h5-12,19,22H,4H2,1-3H3. The average molecular weight is 351 g/mol. The van der Waals surface area contributed by atoms with Crippen LogP contribution in [0.2, 0.25) is 0 Å². The van der Waals surface area contributed by atoms with Crippen molar-refractivity contribution in [3.63, 3.8) is 0 Å². The third-order valence-corrected chi connectivity index (χ3v) is 4.21. The van der Waals surface area contributed by atoms with Gasteiger partial charge in [-0.3, -0.25) is 4.79 Å². The topological polar surface area (TPSA) is 68.4 Å². The van der Waals surface area contributed by atoms with Crippen LogP contribution in [0, 0.1) is 6.92 Å². The van der Waals surface area contributed by atoms with E-state index in [-0.39, 0.29) is 6.10 Å². The number of benzene rings is 2. The molecule has 26 heavy (non-hydrogen) atoms. The molecule has 1 atom stereocenters. The van der Waals surface area contributed by atoms with Gasteiger partial charge in [0.15, 0.2) is 0 Å². The monoisotopic (exact) mass is 351 g/mol. The summed E-state index contributed by atoms with van der Waals surface area (Å²) in [5.41, 5.74) is 2.93. The van der Waals surface area contributed by atoms with Gasteiger partial charge in [-0.1, -0.05) is 37.3 Å². The molecule has 0 aliphatic rings. The molecule has 0 aliphatic carbocycles. The first-order chi connectivity index (χ1) is 12.5. The summed E-state index contributed by atoms with van der Waals surface area (Å²) in [7, 11) is 0. The largest absolute Gasteiger partial charge is 0.454 e. The van der Waals surface area contributed by atoms with Crippen molar-refractivity contribution in [3.8, 4) is 5.75 Å². The molecule has 0 aliphatic heterocycles. The number of fused-ring (bicyclic) bond motifs is 1. The molecule has 1 N–H and O–H groups in total. The van der Waals surface area contributed by atoms with Crippen molar-refractivity contribution in [2.75, 3.05) is 0 Å². The van der Waals surface area contributed by atoms with Crippen LogP contribution in [-0.4, -0.2) is 16.9 Å². The predicted molar refractivity (Wildman–Crippen MR) is 99.2 cm³/mol. The molecular weight excluding hydrogens is 330 g/mol. The summed E-state index contributed by atoms with van der Waals surface area (Å²) in [4.78, 5) is 27.2. The second kappa shape index (κ2) is 7.44. The maximum absolute atomic E-state index is 12.9. The van der Waals surface area contributed by atoms with Crippen LogP contribution in [0.3, 0.4) is 0 Å². The lowest BCUT2D eigenvalue weighted by Crippen LogP contribution is -2.12. The zero-order valence-electron chi connectivity index (χ0n) is 15.0. The smallest absolute Gasteiger partial charge is 0.341 e. The Labute approximate surface area is 151 Å². The highest BCUT2D eigenvalue weighted by atomic mass is 16.5. The summed E-state index contributed by atoms with van der Waals surface area (Å²) in [6.07, 6.45) is 0.361. The number of aromatic nitrogens is 1. The van der Waals surface area contributed by atoms with Gasteiger partial charge in [0.2, 0.25) is 0 Å². The minimum Gasteiger partial charge on any atom is -0.454 e. The van der Waals surface area contributed by atoms with Crippen molar-refractivity contribution in [3.05, 3.63) is 65.4 Å². The van der Waals surface area contributed by atoms with E-state index < -0.39 is 11.9 Å². The Morgan fingerprint density at radius 3 is 2.50 bits per heavy atom.